The molecule has 1 amide bonds. The number of amides is 1. The van der Waals surface area contributed by atoms with Crippen LogP contribution in [0.15, 0.2) is 53.1 Å². The quantitative estimate of drug-likeness (QED) is 0.674. The van der Waals surface area contributed by atoms with Gasteiger partial charge in [-0.3, -0.25) is 4.79 Å². The summed E-state index contributed by atoms with van der Waals surface area (Å²) in [6.07, 6.45) is 4.73. The first-order valence-electron chi connectivity index (χ1n) is 9.64. The summed E-state index contributed by atoms with van der Waals surface area (Å²) in [4.78, 5) is 15.4. The van der Waals surface area contributed by atoms with Crippen molar-refractivity contribution in [3.05, 3.63) is 59.4 Å². The third kappa shape index (κ3) is 3.68. The Morgan fingerprint density at radius 2 is 1.93 bits per heavy atom. The number of halogens is 2. The Hall–Kier alpha value is -2.28. The maximum absolute atomic E-state index is 13.4. The molecular weight excluding hydrogens is 411 g/mol. The maximum Gasteiger partial charge on any atom is 0.274 e. The molecule has 2 fully saturated rings. The van der Waals surface area contributed by atoms with Crippen molar-refractivity contribution in [3.63, 3.8) is 0 Å². The van der Waals surface area contributed by atoms with Gasteiger partial charge in [-0.25, -0.2) is 4.68 Å². The van der Waals surface area contributed by atoms with Gasteiger partial charge < -0.3 is 14.6 Å². The normalized spacial score (nSPS) is 20.9. The third-order valence-electron chi connectivity index (χ3n) is 5.66. The minimum absolute atomic E-state index is 0. The van der Waals surface area contributed by atoms with Crippen LogP contribution in [0.5, 0.6) is 0 Å². The molecule has 2 bridgehead atoms. The Labute approximate surface area is 180 Å². The number of furan rings is 1. The zero-order valence-electron chi connectivity index (χ0n) is 15.8. The summed E-state index contributed by atoms with van der Waals surface area (Å²) in [6, 6.07) is 13.5. The molecule has 5 rings (SSSR count). The van der Waals surface area contributed by atoms with Crippen molar-refractivity contribution in [2.24, 2.45) is 0 Å². The first-order valence-corrected chi connectivity index (χ1v) is 10.0. The lowest BCUT2D eigenvalue weighted by atomic mass is 10.1. The smallest absolute Gasteiger partial charge is 0.274 e. The van der Waals surface area contributed by atoms with E-state index in [1.807, 2.05) is 47.4 Å². The number of nitrogens with one attached hydrogen (secondary N) is 1. The van der Waals surface area contributed by atoms with Crippen LogP contribution in [0.25, 0.3) is 17.1 Å². The molecule has 0 saturated carbocycles. The average Bonchev–Trinajstić information content (AvgIpc) is 3.39. The zero-order valence-corrected chi connectivity index (χ0v) is 17.3. The van der Waals surface area contributed by atoms with Crippen molar-refractivity contribution in [3.8, 4) is 17.1 Å². The van der Waals surface area contributed by atoms with E-state index in [1.54, 1.807) is 10.9 Å². The van der Waals surface area contributed by atoms with Crippen molar-refractivity contribution >= 4 is 29.9 Å². The number of aromatic nitrogens is 2. The van der Waals surface area contributed by atoms with Crippen LogP contribution in [0, 0.1) is 0 Å². The van der Waals surface area contributed by atoms with Gasteiger partial charge in [0.25, 0.3) is 5.91 Å². The van der Waals surface area contributed by atoms with Crippen molar-refractivity contribution in [1.29, 1.82) is 0 Å². The van der Waals surface area contributed by atoms with E-state index in [9.17, 15) is 4.79 Å². The molecule has 2 unspecified atom stereocenters. The number of fused-ring (bicyclic) bond motifs is 2. The lowest BCUT2D eigenvalue weighted by Gasteiger charge is -2.27. The molecule has 0 radical (unpaired) electrons. The summed E-state index contributed by atoms with van der Waals surface area (Å²) < 4.78 is 7.35. The standard InChI is InChI=1S/C21H21ClN4O2.ClH/c22-14-3-5-16(6-4-14)26-19(20-2-1-11-28-20)12-18(24-26)21(27)25-15-7-8-17(25)13-23-10-9-15;/h1-6,11-12,15,17,23H,7-10,13H2;1H. The molecule has 4 heterocycles. The molecule has 2 atom stereocenters. The Morgan fingerprint density at radius 1 is 1.14 bits per heavy atom. The van der Waals surface area contributed by atoms with Crippen LogP contribution in [-0.4, -0.2) is 45.8 Å². The summed E-state index contributed by atoms with van der Waals surface area (Å²) in [5.74, 6) is 0.665. The Balaban J connectivity index is 0.00000205. The van der Waals surface area contributed by atoms with Gasteiger partial charge in [-0.2, -0.15) is 5.10 Å². The van der Waals surface area contributed by atoms with E-state index < -0.39 is 0 Å². The number of hydrogen-bond acceptors (Lipinski definition) is 4. The van der Waals surface area contributed by atoms with Gasteiger partial charge in [-0.05, 0) is 62.2 Å². The van der Waals surface area contributed by atoms with Crippen LogP contribution in [0.1, 0.15) is 29.8 Å². The van der Waals surface area contributed by atoms with Gasteiger partial charge in [0.1, 0.15) is 5.69 Å². The first kappa shape index (κ1) is 20.0. The molecule has 3 aromatic rings. The molecule has 152 valence electrons. The molecule has 2 aliphatic heterocycles. The van der Waals surface area contributed by atoms with E-state index in [2.05, 4.69) is 10.4 Å². The highest BCUT2D eigenvalue weighted by atomic mass is 35.5. The van der Waals surface area contributed by atoms with E-state index >= 15 is 0 Å². The van der Waals surface area contributed by atoms with Crippen molar-refractivity contribution in [2.45, 2.75) is 31.3 Å². The molecule has 2 aliphatic rings. The number of carbonyl (C=O) groups is 1. The highest BCUT2D eigenvalue weighted by Crippen LogP contribution is 2.31. The maximum atomic E-state index is 13.4. The molecule has 1 aromatic carbocycles. The first-order chi connectivity index (χ1) is 13.7. The number of carbonyl (C=O) groups excluding carboxylic acids is 1. The van der Waals surface area contributed by atoms with E-state index in [-0.39, 0.29) is 24.4 Å². The fourth-order valence-electron chi connectivity index (χ4n) is 4.31. The largest absolute Gasteiger partial charge is 0.463 e. The minimum atomic E-state index is -0.00304. The van der Waals surface area contributed by atoms with E-state index in [1.165, 1.54) is 0 Å². The Morgan fingerprint density at radius 3 is 2.69 bits per heavy atom. The van der Waals surface area contributed by atoms with Crippen LogP contribution >= 0.6 is 24.0 Å². The highest BCUT2D eigenvalue weighted by molar-refractivity contribution is 6.30. The molecule has 6 nitrogen and oxygen atoms in total. The molecule has 1 N–H and O–H groups in total. The van der Waals surface area contributed by atoms with E-state index in [0.29, 0.717) is 22.5 Å². The highest BCUT2D eigenvalue weighted by Gasteiger charge is 2.39. The second kappa shape index (κ2) is 8.22. The Kier molecular flexibility index (Phi) is 5.67. The van der Waals surface area contributed by atoms with Crippen LogP contribution in [0.4, 0.5) is 0 Å². The lowest BCUT2D eigenvalue weighted by molar-refractivity contribution is 0.0673. The van der Waals surface area contributed by atoms with Crippen LogP contribution in [0.3, 0.4) is 0 Å². The zero-order chi connectivity index (χ0) is 19.1. The van der Waals surface area contributed by atoms with Gasteiger partial charge in [0, 0.05) is 29.7 Å². The molecule has 8 heteroatoms. The third-order valence-corrected chi connectivity index (χ3v) is 5.91. The predicted octanol–water partition coefficient (Wildman–Crippen LogP) is 4.17. The lowest BCUT2D eigenvalue weighted by Crippen LogP contribution is -2.42. The monoisotopic (exact) mass is 432 g/mol. The van der Waals surface area contributed by atoms with Crippen molar-refractivity contribution < 1.29 is 9.21 Å². The summed E-state index contributed by atoms with van der Waals surface area (Å²) in [7, 11) is 0. The van der Waals surface area contributed by atoms with Crippen LogP contribution in [0.2, 0.25) is 5.02 Å². The summed E-state index contributed by atoms with van der Waals surface area (Å²) in [6.45, 7) is 1.81. The molecule has 2 saturated heterocycles. The van der Waals surface area contributed by atoms with Crippen LogP contribution < -0.4 is 5.32 Å². The summed E-state index contributed by atoms with van der Waals surface area (Å²) in [5, 5.41) is 8.76. The molecule has 0 spiro atoms. The Bertz CT molecular complexity index is 971. The molecular formula is C21H22Cl2N4O2. The van der Waals surface area contributed by atoms with Gasteiger partial charge in [0.15, 0.2) is 11.5 Å². The minimum Gasteiger partial charge on any atom is -0.463 e. The van der Waals surface area contributed by atoms with Crippen molar-refractivity contribution in [1.82, 2.24) is 20.0 Å². The van der Waals surface area contributed by atoms with Crippen molar-refractivity contribution in [2.75, 3.05) is 13.1 Å². The molecule has 2 aromatic heterocycles. The predicted molar refractivity (Wildman–Crippen MR) is 114 cm³/mol. The van der Waals surface area contributed by atoms with Gasteiger partial charge >= 0.3 is 0 Å². The fraction of sp³-hybridized carbons (Fsp3) is 0.333. The number of benzene rings is 1. The fourth-order valence-corrected chi connectivity index (χ4v) is 4.44. The molecule has 29 heavy (non-hydrogen) atoms. The second-order valence-electron chi connectivity index (χ2n) is 7.37. The summed E-state index contributed by atoms with van der Waals surface area (Å²) >= 11 is 6.04. The topological polar surface area (TPSA) is 63.3 Å². The van der Waals surface area contributed by atoms with Gasteiger partial charge in [-0.15, -0.1) is 12.4 Å². The number of nitrogens with zero attached hydrogens (tertiary/aromatic N) is 3. The molecule has 0 aliphatic carbocycles. The van der Waals surface area contributed by atoms with Gasteiger partial charge in [-0.1, -0.05) is 11.6 Å². The average molecular weight is 433 g/mol. The number of rotatable bonds is 3. The van der Waals surface area contributed by atoms with Crippen LogP contribution in [-0.2, 0) is 0 Å². The summed E-state index contributed by atoms with van der Waals surface area (Å²) in [5.41, 5.74) is 2.02. The SMILES string of the molecule is Cl.O=C(c1cc(-c2ccco2)n(-c2ccc(Cl)cc2)n1)N1C2CCNCC1CC2. The van der Waals surface area contributed by atoms with Gasteiger partial charge in [0.2, 0.25) is 0 Å². The second-order valence-corrected chi connectivity index (χ2v) is 7.81. The van der Waals surface area contributed by atoms with Gasteiger partial charge in [0.05, 0.1) is 12.0 Å². The number of hydrogen-bond donors (Lipinski definition) is 1. The van der Waals surface area contributed by atoms with E-state index in [4.69, 9.17) is 16.0 Å². The van der Waals surface area contributed by atoms with E-state index in [0.717, 1.165) is 43.7 Å².